The van der Waals surface area contributed by atoms with Crippen LogP contribution in [0.5, 0.6) is 5.75 Å². The SMILES string of the molecule is CCOc1ccccc1NC(=S)Nc1cnn(Cc2ccc(F)cc2Cl)c1. The largest absolute Gasteiger partial charge is 0.492 e. The van der Waals surface area contributed by atoms with Gasteiger partial charge in [-0.2, -0.15) is 5.10 Å². The first-order valence-corrected chi connectivity index (χ1v) is 9.10. The Kier molecular flexibility index (Phi) is 6.26. The summed E-state index contributed by atoms with van der Waals surface area (Å²) in [5, 5.41) is 11.2. The molecule has 0 fully saturated rings. The molecular formula is C19H18ClFN4OS. The fraction of sp³-hybridized carbons (Fsp3) is 0.158. The van der Waals surface area contributed by atoms with Crippen LogP contribution in [0, 0.1) is 5.82 Å². The van der Waals surface area contributed by atoms with E-state index in [2.05, 4.69) is 15.7 Å². The molecule has 1 heterocycles. The van der Waals surface area contributed by atoms with Crippen LogP contribution in [0.25, 0.3) is 0 Å². The highest BCUT2D eigenvalue weighted by Gasteiger charge is 2.08. The average Bonchev–Trinajstić information content (AvgIpc) is 3.06. The lowest BCUT2D eigenvalue weighted by Crippen LogP contribution is -2.19. The fourth-order valence-electron chi connectivity index (χ4n) is 2.47. The van der Waals surface area contributed by atoms with Crippen LogP contribution in [0.1, 0.15) is 12.5 Å². The Morgan fingerprint density at radius 1 is 1.26 bits per heavy atom. The van der Waals surface area contributed by atoms with Gasteiger partial charge in [-0.05, 0) is 49.0 Å². The summed E-state index contributed by atoms with van der Waals surface area (Å²) in [5.41, 5.74) is 2.28. The van der Waals surface area contributed by atoms with E-state index < -0.39 is 0 Å². The number of aromatic nitrogens is 2. The van der Waals surface area contributed by atoms with Crippen molar-refractivity contribution >= 4 is 40.3 Å². The second-order valence-electron chi connectivity index (χ2n) is 5.67. The zero-order valence-electron chi connectivity index (χ0n) is 14.6. The van der Waals surface area contributed by atoms with Crippen LogP contribution in [0.2, 0.25) is 5.02 Å². The predicted octanol–water partition coefficient (Wildman–Crippen LogP) is 4.93. The third-order valence-electron chi connectivity index (χ3n) is 3.67. The molecule has 3 aromatic rings. The molecule has 3 rings (SSSR count). The second-order valence-corrected chi connectivity index (χ2v) is 6.49. The van der Waals surface area contributed by atoms with E-state index in [1.165, 1.54) is 12.1 Å². The third-order valence-corrected chi connectivity index (χ3v) is 4.23. The molecule has 2 aromatic carbocycles. The van der Waals surface area contributed by atoms with Crippen LogP contribution in [0.3, 0.4) is 0 Å². The molecule has 0 aliphatic heterocycles. The van der Waals surface area contributed by atoms with E-state index in [-0.39, 0.29) is 5.82 Å². The van der Waals surface area contributed by atoms with Gasteiger partial charge in [0.2, 0.25) is 0 Å². The Morgan fingerprint density at radius 3 is 2.85 bits per heavy atom. The number of rotatable bonds is 6. The van der Waals surface area contributed by atoms with E-state index in [4.69, 9.17) is 28.6 Å². The Morgan fingerprint density at radius 2 is 2.07 bits per heavy atom. The smallest absolute Gasteiger partial charge is 0.175 e. The fourth-order valence-corrected chi connectivity index (χ4v) is 2.93. The maximum atomic E-state index is 13.1. The third kappa shape index (κ3) is 5.18. The van der Waals surface area contributed by atoms with Gasteiger partial charge in [-0.15, -0.1) is 0 Å². The quantitative estimate of drug-likeness (QED) is 0.570. The van der Waals surface area contributed by atoms with Crippen LogP contribution < -0.4 is 15.4 Å². The summed E-state index contributed by atoms with van der Waals surface area (Å²) in [6, 6.07) is 11.9. The monoisotopic (exact) mass is 404 g/mol. The molecule has 0 saturated carbocycles. The molecule has 0 atom stereocenters. The maximum absolute atomic E-state index is 13.1. The molecule has 0 amide bonds. The molecule has 0 saturated heterocycles. The highest BCUT2D eigenvalue weighted by Crippen LogP contribution is 2.24. The van der Waals surface area contributed by atoms with Gasteiger partial charge < -0.3 is 15.4 Å². The first-order valence-electron chi connectivity index (χ1n) is 8.31. The predicted molar refractivity (Wildman–Crippen MR) is 110 cm³/mol. The van der Waals surface area contributed by atoms with Crippen LogP contribution in [0.4, 0.5) is 15.8 Å². The van der Waals surface area contributed by atoms with E-state index >= 15 is 0 Å². The molecule has 5 nitrogen and oxygen atoms in total. The maximum Gasteiger partial charge on any atom is 0.175 e. The number of halogens is 2. The zero-order chi connectivity index (χ0) is 19.2. The van der Waals surface area contributed by atoms with Gasteiger partial charge >= 0.3 is 0 Å². The number of ether oxygens (including phenoxy) is 1. The van der Waals surface area contributed by atoms with Crippen molar-refractivity contribution in [2.75, 3.05) is 17.2 Å². The first kappa shape index (κ1) is 19.1. The number of hydrogen-bond acceptors (Lipinski definition) is 3. The summed E-state index contributed by atoms with van der Waals surface area (Å²) < 4.78 is 20.4. The van der Waals surface area contributed by atoms with Gasteiger partial charge in [0.25, 0.3) is 0 Å². The van der Waals surface area contributed by atoms with Crippen LogP contribution in [0.15, 0.2) is 54.9 Å². The van der Waals surface area contributed by atoms with Crippen molar-refractivity contribution in [1.29, 1.82) is 0 Å². The Bertz CT molecular complexity index is 947. The Hall–Kier alpha value is -2.64. The first-order chi connectivity index (χ1) is 13.0. The van der Waals surface area contributed by atoms with Gasteiger partial charge in [0.05, 0.1) is 30.7 Å². The zero-order valence-corrected chi connectivity index (χ0v) is 16.1. The molecule has 8 heteroatoms. The minimum Gasteiger partial charge on any atom is -0.492 e. The van der Waals surface area contributed by atoms with Crippen molar-refractivity contribution in [2.45, 2.75) is 13.5 Å². The van der Waals surface area contributed by atoms with E-state index in [9.17, 15) is 4.39 Å². The van der Waals surface area contributed by atoms with Gasteiger partial charge in [-0.25, -0.2) is 4.39 Å². The van der Waals surface area contributed by atoms with Gasteiger partial charge in [0.1, 0.15) is 11.6 Å². The number of para-hydroxylation sites is 2. The molecular weight excluding hydrogens is 387 g/mol. The topological polar surface area (TPSA) is 51.1 Å². The minimum atomic E-state index is -0.365. The molecule has 0 aliphatic rings. The summed E-state index contributed by atoms with van der Waals surface area (Å²) in [7, 11) is 0. The number of thiocarbonyl (C=S) groups is 1. The van der Waals surface area contributed by atoms with Crippen molar-refractivity contribution < 1.29 is 9.13 Å². The summed E-state index contributed by atoms with van der Waals surface area (Å²) in [6.07, 6.45) is 3.45. The lowest BCUT2D eigenvalue weighted by molar-refractivity contribution is 0.342. The molecule has 0 aliphatic carbocycles. The normalized spacial score (nSPS) is 10.5. The Labute approximate surface area is 167 Å². The summed E-state index contributed by atoms with van der Waals surface area (Å²) in [6.45, 7) is 2.92. The number of nitrogens with zero attached hydrogens (tertiary/aromatic N) is 2. The van der Waals surface area contributed by atoms with Gasteiger partial charge in [-0.1, -0.05) is 29.8 Å². The average molecular weight is 405 g/mol. The van der Waals surface area contributed by atoms with E-state index in [0.717, 1.165) is 22.7 Å². The lowest BCUT2D eigenvalue weighted by atomic mass is 10.2. The lowest BCUT2D eigenvalue weighted by Gasteiger charge is -2.13. The van der Waals surface area contributed by atoms with Gasteiger partial charge in [0, 0.05) is 11.2 Å². The van der Waals surface area contributed by atoms with Crippen LogP contribution >= 0.6 is 23.8 Å². The summed E-state index contributed by atoms with van der Waals surface area (Å²) in [4.78, 5) is 0. The van der Waals surface area contributed by atoms with Crippen LogP contribution in [-0.2, 0) is 6.54 Å². The number of anilines is 2. The van der Waals surface area contributed by atoms with Crippen molar-refractivity contribution in [3.05, 3.63) is 71.3 Å². The second kappa shape index (κ2) is 8.83. The van der Waals surface area contributed by atoms with Crippen molar-refractivity contribution in [2.24, 2.45) is 0 Å². The van der Waals surface area contributed by atoms with E-state index in [1.807, 2.05) is 31.2 Å². The molecule has 0 bridgehead atoms. The molecule has 0 unspecified atom stereocenters. The van der Waals surface area contributed by atoms with Crippen LogP contribution in [-0.4, -0.2) is 21.5 Å². The van der Waals surface area contributed by atoms with Gasteiger partial charge in [0.15, 0.2) is 5.11 Å². The number of hydrogen-bond donors (Lipinski definition) is 2. The highest BCUT2D eigenvalue weighted by atomic mass is 35.5. The van der Waals surface area contributed by atoms with E-state index in [0.29, 0.717) is 23.3 Å². The summed E-state index contributed by atoms with van der Waals surface area (Å²) >= 11 is 11.4. The van der Waals surface area contributed by atoms with Crippen molar-refractivity contribution in [3.8, 4) is 5.75 Å². The molecule has 2 N–H and O–H groups in total. The van der Waals surface area contributed by atoms with Crippen molar-refractivity contribution in [3.63, 3.8) is 0 Å². The van der Waals surface area contributed by atoms with E-state index in [1.54, 1.807) is 23.1 Å². The molecule has 0 radical (unpaired) electrons. The Balaban J connectivity index is 1.63. The molecule has 140 valence electrons. The molecule has 1 aromatic heterocycles. The standard InChI is InChI=1S/C19H18ClFN4OS/c1-2-26-18-6-4-3-5-17(18)24-19(27)23-15-10-22-25(12-15)11-13-7-8-14(21)9-16(13)20/h3-10,12H,2,11H2,1H3,(H2,23,24,27). The minimum absolute atomic E-state index is 0.365. The van der Waals surface area contributed by atoms with Gasteiger partial charge in [-0.3, -0.25) is 4.68 Å². The highest BCUT2D eigenvalue weighted by molar-refractivity contribution is 7.80. The molecule has 27 heavy (non-hydrogen) atoms. The number of benzene rings is 2. The van der Waals surface area contributed by atoms with Crippen molar-refractivity contribution in [1.82, 2.24) is 9.78 Å². The number of nitrogens with one attached hydrogen (secondary N) is 2. The molecule has 0 spiro atoms. The summed E-state index contributed by atoms with van der Waals surface area (Å²) in [5.74, 6) is 0.362.